The maximum atomic E-state index is 11.5. The molecule has 3 heteroatoms. The van der Waals surface area contributed by atoms with Gasteiger partial charge in [-0.05, 0) is 18.6 Å². The van der Waals surface area contributed by atoms with Crippen molar-refractivity contribution >= 4 is 5.97 Å². The monoisotopic (exact) mass is 220 g/mol. The lowest BCUT2D eigenvalue weighted by Crippen LogP contribution is -2.31. The van der Waals surface area contributed by atoms with E-state index in [4.69, 9.17) is 9.47 Å². The first-order chi connectivity index (χ1) is 7.45. The Bertz CT molecular complexity index is 447. The summed E-state index contributed by atoms with van der Waals surface area (Å²) < 4.78 is 10.5. The van der Waals surface area contributed by atoms with Crippen molar-refractivity contribution in [2.24, 2.45) is 0 Å². The standard InChI is InChI=1S/C13H16O3/c1-8-5-6-9(15-4)12-11(8)13(2,3)7-10(14)16-12/h5-6H,7H2,1-4H3. The van der Waals surface area contributed by atoms with Crippen LogP contribution in [0.3, 0.4) is 0 Å². The van der Waals surface area contributed by atoms with Gasteiger partial charge in [0, 0.05) is 11.0 Å². The van der Waals surface area contributed by atoms with Crippen LogP contribution in [0.1, 0.15) is 31.4 Å². The number of rotatable bonds is 1. The van der Waals surface area contributed by atoms with Crippen molar-refractivity contribution in [3.63, 3.8) is 0 Å². The van der Waals surface area contributed by atoms with E-state index < -0.39 is 0 Å². The van der Waals surface area contributed by atoms with E-state index in [1.165, 1.54) is 0 Å². The fraction of sp³-hybridized carbons (Fsp3) is 0.462. The first-order valence-electron chi connectivity index (χ1n) is 5.34. The average molecular weight is 220 g/mol. The zero-order chi connectivity index (χ0) is 11.9. The van der Waals surface area contributed by atoms with Crippen molar-refractivity contribution in [3.05, 3.63) is 23.3 Å². The Balaban J connectivity index is 2.69. The summed E-state index contributed by atoms with van der Waals surface area (Å²) in [6.45, 7) is 6.14. The highest BCUT2D eigenvalue weighted by Gasteiger charge is 2.36. The fourth-order valence-corrected chi connectivity index (χ4v) is 2.36. The Morgan fingerprint density at radius 2 is 2.06 bits per heavy atom. The van der Waals surface area contributed by atoms with E-state index in [9.17, 15) is 4.79 Å². The summed E-state index contributed by atoms with van der Waals surface area (Å²) >= 11 is 0. The van der Waals surface area contributed by atoms with Crippen LogP contribution in [-0.2, 0) is 10.2 Å². The van der Waals surface area contributed by atoms with Gasteiger partial charge in [0.2, 0.25) is 0 Å². The average Bonchev–Trinajstić information content (AvgIpc) is 2.15. The lowest BCUT2D eigenvalue weighted by atomic mass is 9.77. The predicted molar refractivity (Wildman–Crippen MR) is 61.0 cm³/mol. The zero-order valence-electron chi connectivity index (χ0n) is 10.1. The first-order valence-corrected chi connectivity index (χ1v) is 5.34. The molecule has 16 heavy (non-hydrogen) atoms. The van der Waals surface area contributed by atoms with Gasteiger partial charge in [-0.15, -0.1) is 0 Å². The summed E-state index contributed by atoms with van der Waals surface area (Å²) in [4.78, 5) is 11.5. The number of esters is 1. The number of carbonyl (C=O) groups excluding carboxylic acids is 1. The van der Waals surface area contributed by atoms with Gasteiger partial charge in [0.1, 0.15) is 0 Å². The Hall–Kier alpha value is -1.51. The third-order valence-electron chi connectivity index (χ3n) is 3.03. The first kappa shape index (κ1) is 11.0. The van der Waals surface area contributed by atoms with Crippen LogP contribution in [0.2, 0.25) is 0 Å². The minimum absolute atomic E-state index is 0.191. The summed E-state index contributed by atoms with van der Waals surface area (Å²) in [6, 6.07) is 3.83. The van der Waals surface area contributed by atoms with Crippen LogP contribution in [-0.4, -0.2) is 13.1 Å². The highest BCUT2D eigenvalue weighted by molar-refractivity contribution is 5.79. The number of hydrogen-bond donors (Lipinski definition) is 0. The van der Waals surface area contributed by atoms with E-state index >= 15 is 0 Å². The maximum Gasteiger partial charge on any atom is 0.312 e. The lowest BCUT2D eigenvalue weighted by molar-refractivity contribution is -0.137. The van der Waals surface area contributed by atoms with E-state index in [-0.39, 0.29) is 11.4 Å². The van der Waals surface area contributed by atoms with Crippen LogP contribution in [0.25, 0.3) is 0 Å². The minimum Gasteiger partial charge on any atom is -0.493 e. The molecule has 1 aliphatic rings. The van der Waals surface area contributed by atoms with Gasteiger partial charge in [0.05, 0.1) is 13.5 Å². The topological polar surface area (TPSA) is 35.5 Å². The summed E-state index contributed by atoms with van der Waals surface area (Å²) in [7, 11) is 1.58. The Morgan fingerprint density at radius 1 is 1.38 bits per heavy atom. The van der Waals surface area contributed by atoms with Crippen molar-refractivity contribution < 1.29 is 14.3 Å². The molecule has 1 aliphatic heterocycles. The second-order valence-corrected chi connectivity index (χ2v) is 4.82. The van der Waals surface area contributed by atoms with E-state index in [2.05, 4.69) is 13.8 Å². The molecule has 0 atom stereocenters. The molecule has 1 aromatic carbocycles. The van der Waals surface area contributed by atoms with Crippen LogP contribution < -0.4 is 9.47 Å². The largest absolute Gasteiger partial charge is 0.493 e. The second-order valence-electron chi connectivity index (χ2n) is 4.82. The van der Waals surface area contributed by atoms with Crippen LogP contribution in [0.15, 0.2) is 12.1 Å². The van der Waals surface area contributed by atoms with Gasteiger partial charge in [-0.2, -0.15) is 0 Å². The molecule has 0 aromatic heterocycles. The third-order valence-corrected chi connectivity index (χ3v) is 3.03. The van der Waals surface area contributed by atoms with Gasteiger partial charge >= 0.3 is 5.97 Å². The number of benzene rings is 1. The molecule has 0 saturated heterocycles. The lowest BCUT2D eigenvalue weighted by Gasteiger charge is -2.33. The molecule has 3 nitrogen and oxygen atoms in total. The number of methoxy groups -OCH3 is 1. The molecule has 0 N–H and O–H groups in total. The maximum absolute atomic E-state index is 11.5. The number of carbonyl (C=O) groups is 1. The van der Waals surface area contributed by atoms with Crippen molar-refractivity contribution in [3.8, 4) is 11.5 Å². The van der Waals surface area contributed by atoms with Crippen molar-refractivity contribution in [2.75, 3.05) is 7.11 Å². The molecule has 0 amide bonds. The fourth-order valence-electron chi connectivity index (χ4n) is 2.36. The summed E-state index contributed by atoms with van der Waals surface area (Å²) in [5.41, 5.74) is 2.02. The number of fused-ring (bicyclic) bond motifs is 1. The summed E-state index contributed by atoms with van der Waals surface area (Å²) in [6.07, 6.45) is 0.411. The third kappa shape index (κ3) is 1.56. The number of ether oxygens (including phenoxy) is 2. The van der Waals surface area contributed by atoms with Gasteiger partial charge in [-0.1, -0.05) is 19.9 Å². The number of hydrogen-bond acceptors (Lipinski definition) is 3. The molecule has 0 bridgehead atoms. The predicted octanol–water partition coefficient (Wildman–Crippen LogP) is 2.59. The molecule has 1 heterocycles. The smallest absolute Gasteiger partial charge is 0.312 e. The Labute approximate surface area is 95.4 Å². The van der Waals surface area contributed by atoms with Gasteiger partial charge in [-0.3, -0.25) is 4.79 Å². The Kier molecular flexibility index (Phi) is 2.41. The molecule has 0 saturated carbocycles. The van der Waals surface area contributed by atoms with Crippen molar-refractivity contribution in [2.45, 2.75) is 32.6 Å². The van der Waals surface area contributed by atoms with Crippen LogP contribution in [0.5, 0.6) is 11.5 Å². The van der Waals surface area contributed by atoms with Crippen LogP contribution >= 0.6 is 0 Å². The van der Waals surface area contributed by atoms with E-state index in [1.54, 1.807) is 7.11 Å². The molecule has 0 aliphatic carbocycles. The van der Waals surface area contributed by atoms with Crippen LogP contribution in [0.4, 0.5) is 0 Å². The molecule has 0 spiro atoms. The van der Waals surface area contributed by atoms with E-state index in [0.29, 0.717) is 17.9 Å². The molecular formula is C13H16O3. The normalized spacial score (nSPS) is 17.6. The van der Waals surface area contributed by atoms with Gasteiger partial charge in [0.25, 0.3) is 0 Å². The summed E-state index contributed by atoms with van der Waals surface area (Å²) in [5, 5.41) is 0. The highest BCUT2D eigenvalue weighted by atomic mass is 16.6. The molecule has 2 rings (SSSR count). The molecule has 0 fully saturated rings. The number of aryl methyl sites for hydroxylation is 1. The van der Waals surface area contributed by atoms with E-state index in [1.807, 2.05) is 19.1 Å². The minimum atomic E-state index is -0.193. The molecule has 86 valence electrons. The summed E-state index contributed by atoms with van der Waals surface area (Å²) in [5.74, 6) is 1.02. The zero-order valence-corrected chi connectivity index (χ0v) is 10.1. The molecule has 0 unspecified atom stereocenters. The second kappa shape index (κ2) is 3.51. The van der Waals surface area contributed by atoms with Gasteiger partial charge in [-0.25, -0.2) is 0 Å². The quantitative estimate of drug-likeness (QED) is 0.539. The Morgan fingerprint density at radius 3 is 2.69 bits per heavy atom. The molecule has 0 radical (unpaired) electrons. The SMILES string of the molecule is COc1ccc(C)c2c1OC(=O)CC2(C)C. The van der Waals surface area contributed by atoms with Crippen molar-refractivity contribution in [1.82, 2.24) is 0 Å². The van der Waals surface area contributed by atoms with Gasteiger partial charge < -0.3 is 9.47 Å². The van der Waals surface area contributed by atoms with Crippen molar-refractivity contribution in [1.29, 1.82) is 0 Å². The van der Waals surface area contributed by atoms with Crippen LogP contribution in [0, 0.1) is 6.92 Å². The highest BCUT2D eigenvalue weighted by Crippen LogP contribution is 2.45. The van der Waals surface area contributed by atoms with Gasteiger partial charge in [0.15, 0.2) is 11.5 Å². The molecule has 1 aromatic rings. The van der Waals surface area contributed by atoms with E-state index in [0.717, 1.165) is 11.1 Å². The molecular weight excluding hydrogens is 204 g/mol.